The zero-order valence-corrected chi connectivity index (χ0v) is 37.0. The third kappa shape index (κ3) is 12.6. The number of alkyl halides is 24. The number of nitrogens with zero attached hydrogens (tertiary/aromatic N) is 2. The zero-order chi connectivity index (χ0) is 57.0. The Morgan fingerprint density at radius 2 is 0.605 bits per heavy atom. The van der Waals surface area contributed by atoms with Crippen LogP contribution in [0.5, 0.6) is 0 Å². The number of aromatic nitrogens is 1. The molecule has 0 aliphatic carbocycles. The van der Waals surface area contributed by atoms with Crippen LogP contribution < -0.4 is 26.4 Å². The van der Waals surface area contributed by atoms with Gasteiger partial charge < -0.3 is 0 Å². The lowest BCUT2D eigenvalue weighted by molar-refractivity contribution is -0.689. The molecule has 0 aliphatic heterocycles. The number of pyridine rings is 1. The molecule has 0 saturated heterocycles. The van der Waals surface area contributed by atoms with Gasteiger partial charge in [-0.15, -0.1) is 0 Å². The van der Waals surface area contributed by atoms with Crippen molar-refractivity contribution >= 4 is 38.8 Å². The number of nitriles is 1. The second-order valence-corrected chi connectivity index (χ2v) is 16.7. The monoisotopic (exact) mass is 1110 g/mol. The van der Waals surface area contributed by atoms with Crippen molar-refractivity contribution in [2.45, 2.75) is 56.0 Å². The van der Waals surface area contributed by atoms with Crippen LogP contribution in [0.2, 0.25) is 0 Å². The predicted molar refractivity (Wildman–Crippen MR) is 224 cm³/mol. The van der Waals surface area contributed by atoms with Gasteiger partial charge in [-0.1, -0.05) is 97.1 Å². The van der Waals surface area contributed by atoms with Crippen LogP contribution in [0.1, 0.15) is 55.8 Å². The molecule has 0 aliphatic rings. The topological polar surface area (TPSA) is 27.7 Å². The number of benzene rings is 6. The lowest BCUT2D eigenvalue weighted by Gasteiger charge is -2.46. The molecule has 76 heavy (non-hydrogen) atoms. The van der Waals surface area contributed by atoms with Crippen LogP contribution in [0.15, 0.2) is 140 Å². The van der Waals surface area contributed by atoms with E-state index in [9.17, 15) is 111 Å². The Labute approximate surface area is 411 Å². The summed E-state index contributed by atoms with van der Waals surface area (Å²) < 4.78 is 343. The molecule has 0 spiro atoms. The van der Waals surface area contributed by atoms with Gasteiger partial charge in [0, 0.05) is 11.6 Å². The van der Waals surface area contributed by atoms with E-state index in [0.717, 1.165) is 10.8 Å². The molecular weight excluding hydrogens is 1080 g/mol. The first-order chi connectivity index (χ1) is 34.6. The Kier molecular flexibility index (Phi) is 15.2. The number of halogens is 24. The molecule has 0 unspecified atom stereocenters. The van der Waals surface area contributed by atoms with Gasteiger partial charge in [0.25, 0.3) is 5.69 Å². The van der Waals surface area contributed by atoms with Gasteiger partial charge in [0.05, 0.1) is 49.9 Å². The van der Waals surface area contributed by atoms with Gasteiger partial charge in [-0.05, 0) is 35.7 Å². The minimum absolute atomic E-state index is 0.691. The molecule has 2 nitrogen and oxygen atoms in total. The van der Waals surface area contributed by atoms with E-state index in [4.69, 9.17) is 0 Å². The standard InChI is InChI=1S/C32H12BF24.C17H13N2/c34-25(35,36)13-1-14(26(37,38)39)6-21(5-13)33(22-7-15(27(40,41)42)2-16(8-22)28(43,44)45,23-9-17(29(46,47)48)3-18(10-23)30(49,50)51)24-11-19(31(52,53)54)4-20(12-24)32(55,56)57;18-12-17-16-9-5-4-8-15(16)10-11-19(17)13-14-6-2-1-3-7-14/h1-12H;1-11H,13H2/q-1;+1. The van der Waals surface area contributed by atoms with Gasteiger partial charge >= 0.3 is 49.4 Å². The summed E-state index contributed by atoms with van der Waals surface area (Å²) in [6.45, 7) is 0.717. The summed E-state index contributed by atoms with van der Waals surface area (Å²) in [4.78, 5) is 0. The summed E-state index contributed by atoms with van der Waals surface area (Å²) >= 11 is 0. The van der Waals surface area contributed by atoms with Gasteiger partial charge in [-0.3, -0.25) is 0 Å². The molecule has 402 valence electrons. The molecule has 7 rings (SSSR count). The molecule has 0 radical (unpaired) electrons. The van der Waals surface area contributed by atoms with Crippen LogP contribution in [0.4, 0.5) is 105 Å². The molecule has 0 saturated carbocycles. The van der Waals surface area contributed by atoms with Crippen molar-refractivity contribution < 1.29 is 110 Å². The highest BCUT2D eigenvalue weighted by Crippen LogP contribution is 2.41. The summed E-state index contributed by atoms with van der Waals surface area (Å²) in [7, 11) is 0. The maximum atomic E-state index is 14.2. The molecule has 0 N–H and O–H groups in total. The predicted octanol–water partition coefficient (Wildman–Crippen LogP) is 14.3. The van der Waals surface area contributed by atoms with Gasteiger partial charge in [0.2, 0.25) is 0 Å². The molecule has 0 fully saturated rings. The Morgan fingerprint density at radius 1 is 0.342 bits per heavy atom. The van der Waals surface area contributed by atoms with Crippen molar-refractivity contribution in [3.63, 3.8) is 0 Å². The third-order valence-electron chi connectivity index (χ3n) is 11.7. The van der Waals surface area contributed by atoms with Crippen LogP contribution >= 0.6 is 0 Å². The average Bonchev–Trinajstić information content (AvgIpc) is 3.30. The van der Waals surface area contributed by atoms with E-state index in [-0.39, 0.29) is 0 Å². The van der Waals surface area contributed by atoms with E-state index in [1.54, 1.807) is 0 Å². The molecule has 0 atom stereocenters. The van der Waals surface area contributed by atoms with Crippen molar-refractivity contribution in [2.24, 2.45) is 0 Å². The first-order valence-corrected chi connectivity index (χ1v) is 20.9. The Morgan fingerprint density at radius 3 is 0.868 bits per heavy atom. The van der Waals surface area contributed by atoms with E-state index in [1.165, 1.54) is 5.56 Å². The van der Waals surface area contributed by atoms with E-state index in [0.29, 0.717) is 12.2 Å². The molecule has 27 heteroatoms. The first-order valence-electron chi connectivity index (χ1n) is 20.9. The number of hydrogen-bond donors (Lipinski definition) is 0. The summed E-state index contributed by atoms with van der Waals surface area (Å²) in [5.74, 6) is 0. The molecule has 7 aromatic rings. The fraction of sp³-hybridized carbons (Fsp3) is 0.184. The Hall–Kier alpha value is -7.40. The fourth-order valence-electron chi connectivity index (χ4n) is 8.36. The second kappa shape index (κ2) is 20.0. The first kappa shape index (κ1) is 57.9. The minimum atomic E-state index is -6.13. The lowest BCUT2D eigenvalue weighted by atomic mass is 9.12. The van der Waals surface area contributed by atoms with Crippen LogP contribution in [0.3, 0.4) is 0 Å². The van der Waals surface area contributed by atoms with Crippen molar-refractivity contribution in [1.82, 2.24) is 0 Å². The second-order valence-electron chi connectivity index (χ2n) is 16.7. The van der Waals surface area contributed by atoms with Crippen LogP contribution in [0.25, 0.3) is 10.8 Å². The quantitative estimate of drug-likeness (QED) is 0.0926. The molecule has 0 amide bonds. The van der Waals surface area contributed by atoms with E-state index >= 15 is 0 Å². The number of rotatable bonds is 6. The van der Waals surface area contributed by atoms with E-state index in [2.05, 4.69) is 24.3 Å². The Bertz CT molecular complexity index is 2860. The zero-order valence-electron chi connectivity index (χ0n) is 37.0. The van der Waals surface area contributed by atoms with Crippen molar-refractivity contribution in [1.29, 1.82) is 5.26 Å². The maximum Gasteiger partial charge on any atom is 0.416 e. The number of fused-ring (bicyclic) bond motifs is 1. The van der Waals surface area contributed by atoms with Crippen molar-refractivity contribution in [3.05, 3.63) is 195 Å². The highest BCUT2D eigenvalue weighted by Gasteiger charge is 2.47. The van der Waals surface area contributed by atoms with Crippen molar-refractivity contribution in [3.8, 4) is 6.07 Å². The van der Waals surface area contributed by atoms with Crippen LogP contribution in [-0.2, 0) is 56.0 Å². The number of hydrogen-bond acceptors (Lipinski definition) is 1. The summed E-state index contributed by atoms with van der Waals surface area (Å²) in [5.41, 5.74) is -28.3. The molecule has 1 aromatic heterocycles. The van der Waals surface area contributed by atoms with Crippen LogP contribution in [0, 0.1) is 11.3 Å². The SMILES string of the molecule is FC(F)(F)c1cc([B-](c2cc(C(F)(F)F)cc(C(F)(F)F)c2)(c2cc(C(F)(F)F)cc(C(F)(F)F)c2)c2cc(C(F)(F)F)cc(C(F)(F)F)c2)cc(C(F)(F)F)c1.N#Cc1c2ccccc2cc[n+]1Cc1ccccc1. The van der Waals surface area contributed by atoms with Gasteiger partial charge in [0.1, 0.15) is 6.15 Å². The minimum Gasteiger partial charge on any atom is -0.194 e. The molecule has 6 aromatic carbocycles. The summed E-state index contributed by atoms with van der Waals surface area (Å²) in [6.07, 6.45) is -52.8. The van der Waals surface area contributed by atoms with Crippen LogP contribution in [-0.4, -0.2) is 6.15 Å². The average molecular weight is 1110 g/mol. The van der Waals surface area contributed by atoms with Gasteiger partial charge in [-0.25, -0.2) is 0 Å². The van der Waals surface area contributed by atoms with Gasteiger partial charge in [0.15, 0.2) is 18.8 Å². The summed E-state index contributed by atoms with van der Waals surface area (Å²) in [5, 5.41) is 11.5. The fourth-order valence-corrected chi connectivity index (χ4v) is 8.36. The third-order valence-corrected chi connectivity index (χ3v) is 11.7. The van der Waals surface area contributed by atoms with Gasteiger partial charge in [-0.2, -0.15) is 137 Å². The Balaban J connectivity index is 0.000000408. The van der Waals surface area contributed by atoms with Crippen molar-refractivity contribution in [2.75, 3.05) is 0 Å². The molecular formula is C49H25BF24N2. The van der Waals surface area contributed by atoms with E-state index in [1.807, 2.05) is 53.2 Å². The maximum absolute atomic E-state index is 14.2. The summed E-state index contributed by atoms with van der Waals surface area (Å²) in [6, 6.07) is 13.7. The highest BCUT2D eigenvalue weighted by atomic mass is 19.4. The lowest BCUT2D eigenvalue weighted by Crippen LogP contribution is -2.75. The normalized spacial score (nSPS) is 13.3. The largest absolute Gasteiger partial charge is 0.416 e. The van der Waals surface area contributed by atoms with E-state index < -0.39 is 195 Å². The molecule has 0 bridgehead atoms. The highest BCUT2D eigenvalue weighted by molar-refractivity contribution is 7.20. The smallest absolute Gasteiger partial charge is 0.194 e. The molecule has 1 heterocycles.